The Labute approximate surface area is 83.4 Å². The molecule has 2 heterocycles. The van der Waals surface area contributed by atoms with Crippen LogP contribution in [0.5, 0.6) is 0 Å². The molecule has 1 atom stereocenters. The van der Waals surface area contributed by atoms with Gasteiger partial charge in [0.15, 0.2) is 6.39 Å². The summed E-state index contributed by atoms with van der Waals surface area (Å²) in [5.41, 5.74) is 0. The van der Waals surface area contributed by atoms with Crippen molar-refractivity contribution in [3.8, 4) is 0 Å². The minimum Gasteiger partial charge on any atom is -0.452 e. The Hall–Kier alpha value is -0.312. The predicted octanol–water partition coefficient (Wildman–Crippen LogP) is -1.33. The predicted molar refractivity (Wildman–Crippen MR) is 52.2 cm³/mol. The standard InChI is InChI=1S/C4H10N2.C3H3NO.AsH3/c1-2-6-4-3-5-1;1-2-5-3-4-1;/h5-6H,1-4H2;1-3H;1H3. The number of nitrogens with zero attached hydrogens (tertiary/aromatic N) is 1. The number of oxazole rings is 1. The van der Waals surface area contributed by atoms with E-state index in [0.717, 1.165) is 26.2 Å². The van der Waals surface area contributed by atoms with Gasteiger partial charge in [-0.05, 0) is 0 Å². The van der Waals surface area contributed by atoms with Crippen molar-refractivity contribution < 1.29 is 4.42 Å². The fourth-order valence-corrected chi connectivity index (χ4v) is 0.779. The van der Waals surface area contributed by atoms with Crippen molar-refractivity contribution in [1.82, 2.24) is 15.6 Å². The van der Waals surface area contributed by atoms with E-state index in [2.05, 4.69) is 20.0 Å². The summed E-state index contributed by atoms with van der Waals surface area (Å²) in [5, 5.41) is 6.44. The van der Waals surface area contributed by atoms with Gasteiger partial charge in [-0.1, -0.05) is 0 Å². The van der Waals surface area contributed by atoms with Crippen molar-refractivity contribution in [1.29, 1.82) is 0 Å². The van der Waals surface area contributed by atoms with E-state index >= 15 is 0 Å². The number of aromatic nitrogens is 1. The Kier molecular flexibility index (Phi) is 8.55. The monoisotopic (exact) mass is 233 g/mol. The maximum Gasteiger partial charge on any atom is 0.180 e. The largest absolute Gasteiger partial charge is 0.452 e. The fourth-order valence-electron chi connectivity index (χ4n) is 0.779. The molecule has 12 heavy (non-hydrogen) atoms. The van der Waals surface area contributed by atoms with Crippen LogP contribution in [0.15, 0.2) is 23.3 Å². The summed E-state index contributed by atoms with van der Waals surface area (Å²) in [6.45, 7) is 4.56. The summed E-state index contributed by atoms with van der Waals surface area (Å²) in [5.74, 6) is 0. The van der Waals surface area contributed by atoms with E-state index in [1.807, 2.05) is 0 Å². The zero-order valence-corrected chi connectivity index (χ0v) is 10.1. The van der Waals surface area contributed by atoms with E-state index in [4.69, 9.17) is 0 Å². The first-order chi connectivity index (χ1) is 5.50. The van der Waals surface area contributed by atoms with Crippen LogP contribution >= 0.6 is 0 Å². The van der Waals surface area contributed by atoms with E-state index in [0.29, 0.717) is 0 Å². The Morgan fingerprint density at radius 3 is 1.83 bits per heavy atom. The minimum atomic E-state index is 0. The van der Waals surface area contributed by atoms with Crippen molar-refractivity contribution in [3.05, 3.63) is 18.9 Å². The third-order valence-corrected chi connectivity index (χ3v) is 1.30. The van der Waals surface area contributed by atoms with E-state index in [9.17, 15) is 0 Å². The van der Waals surface area contributed by atoms with Crippen molar-refractivity contribution in [3.63, 3.8) is 0 Å². The summed E-state index contributed by atoms with van der Waals surface area (Å²) in [6, 6.07) is 0. The molecule has 70 valence electrons. The van der Waals surface area contributed by atoms with Crippen LogP contribution < -0.4 is 10.6 Å². The molecular formula is C7H16AsN3O. The molecule has 1 fully saturated rings. The SMILES string of the molecule is C1CNCCN1.[AsH3].c1cocn1. The van der Waals surface area contributed by atoms with Crippen molar-refractivity contribution in [2.75, 3.05) is 26.2 Å². The molecular weight excluding hydrogens is 217 g/mol. The van der Waals surface area contributed by atoms with Gasteiger partial charge in [0.1, 0.15) is 6.26 Å². The molecule has 1 unspecified atom stereocenters. The number of hydrogen-bond donors (Lipinski definition) is 2. The van der Waals surface area contributed by atoms with Crippen LogP contribution in [0.2, 0.25) is 0 Å². The van der Waals surface area contributed by atoms with Crippen LogP contribution in [0.4, 0.5) is 0 Å². The van der Waals surface area contributed by atoms with Crippen molar-refractivity contribution in [2.45, 2.75) is 0 Å². The maximum absolute atomic E-state index is 4.47. The summed E-state index contributed by atoms with van der Waals surface area (Å²) < 4.78 is 4.47. The molecule has 2 rings (SSSR count). The quantitative estimate of drug-likeness (QED) is 0.545. The van der Waals surface area contributed by atoms with Gasteiger partial charge < -0.3 is 15.1 Å². The second-order valence-electron chi connectivity index (χ2n) is 2.18. The molecule has 4 nitrogen and oxygen atoms in total. The number of nitrogens with one attached hydrogen (secondary N) is 2. The van der Waals surface area contributed by atoms with Gasteiger partial charge in [0.25, 0.3) is 0 Å². The second kappa shape index (κ2) is 8.78. The molecule has 5 heteroatoms. The van der Waals surface area contributed by atoms with Gasteiger partial charge in [0.05, 0.1) is 6.20 Å². The van der Waals surface area contributed by atoms with Crippen LogP contribution in [0, 0.1) is 0 Å². The molecule has 0 amide bonds. The molecule has 1 aliphatic heterocycles. The molecule has 1 aliphatic rings. The number of rotatable bonds is 0. The van der Waals surface area contributed by atoms with Crippen LogP contribution in [-0.2, 0) is 0 Å². The molecule has 0 bridgehead atoms. The van der Waals surface area contributed by atoms with Gasteiger partial charge in [0.2, 0.25) is 0 Å². The van der Waals surface area contributed by atoms with Gasteiger partial charge in [-0.25, -0.2) is 4.98 Å². The van der Waals surface area contributed by atoms with Crippen LogP contribution in [0.1, 0.15) is 0 Å². The van der Waals surface area contributed by atoms with Gasteiger partial charge >= 0.3 is 18.0 Å². The van der Waals surface area contributed by atoms with E-state index in [1.165, 1.54) is 12.7 Å². The Balaban J connectivity index is 0.000000189. The van der Waals surface area contributed by atoms with Gasteiger partial charge in [-0.15, -0.1) is 0 Å². The molecule has 0 spiro atoms. The molecule has 1 saturated heterocycles. The summed E-state index contributed by atoms with van der Waals surface area (Å²) in [6.07, 6.45) is 4.47. The molecule has 0 aliphatic carbocycles. The zero-order valence-electron chi connectivity index (χ0n) is 7.12. The molecule has 0 saturated carbocycles. The smallest absolute Gasteiger partial charge is 0.180 e. The van der Waals surface area contributed by atoms with Gasteiger partial charge in [-0.3, -0.25) is 0 Å². The van der Waals surface area contributed by atoms with E-state index in [1.54, 1.807) is 6.20 Å². The summed E-state index contributed by atoms with van der Waals surface area (Å²) in [4.78, 5) is 3.56. The molecule has 0 aromatic carbocycles. The summed E-state index contributed by atoms with van der Waals surface area (Å²) in [7, 11) is 0. The zero-order chi connectivity index (χ0) is 7.78. The van der Waals surface area contributed by atoms with Crippen molar-refractivity contribution >= 4 is 18.0 Å². The minimum absolute atomic E-state index is 0. The Morgan fingerprint density at radius 1 is 1.08 bits per heavy atom. The first-order valence-electron chi connectivity index (χ1n) is 3.74. The number of piperazine rings is 1. The Morgan fingerprint density at radius 2 is 1.67 bits per heavy atom. The first kappa shape index (κ1) is 11.7. The molecule has 1 aromatic heterocycles. The average molecular weight is 233 g/mol. The van der Waals surface area contributed by atoms with Crippen LogP contribution in [0.3, 0.4) is 0 Å². The second-order valence-corrected chi connectivity index (χ2v) is 2.18. The average Bonchev–Trinajstić information content (AvgIpc) is 2.64. The van der Waals surface area contributed by atoms with Crippen LogP contribution in [0.25, 0.3) is 0 Å². The first-order valence-corrected chi connectivity index (χ1v) is 3.74. The van der Waals surface area contributed by atoms with Crippen molar-refractivity contribution in [2.24, 2.45) is 0 Å². The normalized spacial score (nSPS) is 15.3. The third-order valence-electron chi connectivity index (χ3n) is 1.30. The van der Waals surface area contributed by atoms with Crippen LogP contribution in [-0.4, -0.2) is 49.1 Å². The van der Waals surface area contributed by atoms with Gasteiger partial charge in [0, 0.05) is 26.2 Å². The molecule has 0 radical (unpaired) electrons. The third kappa shape index (κ3) is 6.40. The molecule has 1 aromatic rings. The maximum atomic E-state index is 4.47. The van der Waals surface area contributed by atoms with Gasteiger partial charge in [-0.2, -0.15) is 0 Å². The molecule has 2 N–H and O–H groups in total. The topological polar surface area (TPSA) is 50.1 Å². The van der Waals surface area contributed by atoms with E-state index in [-0.39, 0.29) is 18.0 Å². The summed E-state index contributed by atoms with van der Waals surface area (Å²) >= 11 is 0. The van der Waals surface area contributed by atoms with E-state index < -0.39 is 0 Å². The fraction of sp³-hybridized carbons (Fsp3) is 0.571. The number of hydrogen-bond acceptors (Lipinski definition) is 4. The Bertz CT molecular complexity index is 125.